The molecule has 0 spiro atoms. The van der Waals surface area contributed by atoms with Crippen molar-refractivity contribution in [2.75, 3.05) is 0 Å². The van der Waals surface area contributed by atoms with E-state index in [0.29, 0.717) is 0 Å². The van der Waals surface area contributed by atoms with Crippen molar-refractivity contribution in [3.8, 4) is 11.1 Å². The number of hydrogen-bond acceptors (Lipinski definition) is 2. The number of carbonyl (C=O) groups excluding carboxylic acids is 1. The highest BCUT2D eigenvalue weighted by Crippen LogP contribution is 2.30. The number of aryl methyl sites for hydroxylation is 2. The molecular weight excluding hydrogens is 214 g/mol. The molecule has 2 aliphatic carbocycles. The van der Waals surface area contributed by atoms with Crippen molar-refractivity contribution in [3.63, 3.8) is 0 Å². The van der Waals surface area contributed by atoms with Gasteiger partial charge in [0.05, 0.1) is 6.42 Å². The van der Waals surface area contributed by atoms with Crippen molar-refractivity contribution in [1.82, 2.24) is 5.48 Å². The molecule has 0 atom stereocenters. The summed E-state index contributed by atoms with van der Waals surface area (Å²) in [4.78, 5) is 11.3. The van der Waals surface area contributed by atoms with Gasteiger partial charge in [0.1, 0.15) is 0 Å². The van der Waals surface area contributed by atoms with Crippen LogP contribution in [0.15, 0.2) is 30.3 Å². The van der Waals surface area contributed by atoms with Crippen molar-refractivity contribution < 1.29 is 10.0 Å². The first kappa shape index (κ1) is 11.6. The molecule has 88 valence electrons. The van der Waals surface area contributed by atoms with Crippen LogP contribution in [0.2, 0.25) is 0 Å². The van der Waals surface area contributed by atoms with Crippen LogP contribution in [-0.4, -0.2) is 11.1 Å². The van der Waals surface area contributed by atoms with Gasteiger partial charge in [0.2, 0.25) is 5.91 Å². The molecule has 2 rings (SSSR count). The highest BCUT2D eigenvalue weighted by molar-refractivity contribution is 5.82. The lowest BCUT2D eigenvalue weighted by Crippen LogP contribution is -2.20. The molecule has 17 heavy (non-hydrogen) atoms. The molecule has 0 heterocycles. The second-order valence-corrected chi connectivity index (χ2v) is 4.31. The molecule has 3 heteroatoms. The van der Waals surface area contributed by atoms with Crippen molar-refractivity contribution in [3.05, 3.63) is 47.0 Å². The molecule has 2 aliphatic rings. The maximum Gasteiger partial charge on any atom is 0.247 e. The van der Waals surface area contributed by atoms with E-state index in [0.717, 1.165) is 22.3 Å². The third-order valence-electron chi connectivity index (χ3n) is 2.91. The van der Waals surface area contributed by atoms with Crippen LogP contribution in [0.3, 0.4) is 0 Å². The van der Waals surface area contributed by atoms with Crippen LogP contribution < -0.4 is 5.48 Å². The third-order valence-corrected chi connectivity index (χ3v) is 2.91. The minimum absolute atomic E-state index is 0.186. The summed E-state index contributed by atoms with van der Waals surface area (Å²) in [7, 11) is 0. The van der Waals surface area contributed by atoms with Gasteiger partial charge in [-0.15, -0.1) is 0 Å². The first-order valence-electron chi connectivity index (χ1n) is 5.53. The van der Waals surface area contributed by atoms with Crippen LogP contribution in [0.5, 0.6) is 0 Å². The molecule has 0 fully saturated rings. The molecule has 0 aromatic heterocycles. The summed E-state index contributed by atoms with van der Waals surface area (Å²) in [5, 5.41) is 8.61. The lowest BCUT2D eigenvalue weighted by Gasteiger charge is -2.04. The second-order valence-electron chi connectivity index (χ2n) is 4.31. The zero-order valence-electron chi connectivity index (χ0n) is 9.95. The Labute approximate surface area is 100 Å². The molecule has 0 aromatic rings. The van der Waals surface area contributed by atoms with E-state index >= 15 is 0 Å². The number of hydrogen-bond donors (Lipinski definition) is 2. The fourth-order valence-electron chi connectivity index (χ4n) is 2.22. The van der Waals surface area contributed by atoms with E-state index in [9.17, 15) is 4.79 Å². The molecule has 2 N–H and O–H groups in total. The highest BCUT2D eigenvalue weighted by Gasteiger charge is 2.12. The maximum atomic E-state index is 11.3. The van der Waals surface area contributed by atoms with Crippen LogP contribution in [0.25, 0.3) is 11.1 Å². The predicted octanol–water partition coefficient (Wildman–Crippen LogP) is 2.46. The fourth-order valence-corrected chi connectivity index (χ4v) is 2.22. The standard InChI is InChI=1S/C14H15NO2/c1-9-6-10(2)12-4-3-5-13(12)11(7-9)8-14(16)15-17/h3-7,17H,8H2,1-2H3,(H,15,16). The predicted molar refractivity (Wildman–Crippen MR) is 66.2 cm³/mol. The minimum Gasteiger partial charge on any atom is -0.289 e. The second kappa shape index (κ2) is 4.55. The molecule has 0 saturated heterocycles. The smallest absolute Gasteiger partial charge is 0.247 e. The van der Waals surface area contributed by atoms with Crippen LogP contribution >= 0.6 is 0 Å². The summed E-state index contributed by atoms with van der Waals surface area (Å²) in [6.45, 7) is 4.07. The number of rotatable bonds is 2. The largest absolute Gasteiger partial charge is 0.289 e. The SMILES string of the molecule is Cc1cc(C)c2cccc-2c(CC(=O)NO)c1. The van der Waals surface area contributed by atoms with Crippen LogP contribution in [0, 0.1) is 13.8 Å². The summed E-state index contributed by atoms with van der Waals surface area (Å²) in [6.07, 6.45) is 0.186. The Balaban J connectivity index is 2.56. The molecule has 1 amide bonds. The van der Waals surface area contributed by atoms with Crippen LogP contribution in [0.1, 0.15) is 16.7 Å². The van der Waals surface area contributed by atoms with Crippen molar-refractivity contribution in [2.24, 2.45) is 0 Å². The van der Waals surface area contributed by atoms with Gasteiger partial charge in [0, 0.05) is 0 Å². The molecular formula is C14H15NO2. The number of amides is 1. The minimum atomic E-state index is -0.393. The van der Waals surface area contributed by atoms with E-state index in [4.69, 9.17) is 5.21 Å². The van der Waals surface area contributed by atoms with Crippen molar-refractivity contribution in [1.29, 1.82) is 0 Å². The van der Waals surface area contributed by atoms with Gasteiger partial charge >= 0.3 is 0 Å². The molecule has 0 unspecified atom stereocenters. The van der Waals surface area contributed by atoms with E-state index in [1.807, 2.05) is 31.2 Å². The number of fused-ring (bicyclic) bond motifs is 1. The molecule has 3 nitrogen and oxygen atoms in total. The van der Waals surface area contributed by atoms with Crippen LogP contribution in [0.4, 0.5) is 0 Å². The number of carbonyl (C=O) groups is 1. The first-order valence-corrected chi connectivity index (χ1v) is 5.53. The lowest BCUT2D eigenvalue weighted by molar-refractivity contribution is -0.128. The highest BCUT2D eigenvalue weighted by atomic mass is 16.5. The Kier molecular flexibility index (Phi) is 3.11. The zero-order chi connectivity index (χ0) is 12.4. The summed E-state index contributed by atoms with van der Waals surface area (Å²) in [6, 6.07) is 10.1. The molecule has 0 saturated carbocycles. The average Bonchev–Trinajstić information content (AvgIpc) is 2.72. The quantitative estimate of drug-likeness (QED) is 0.614. The summed E-state index contributed by atoms with van der Waals surface area (Å²) < 4.78 is 0. The third kappa shape index (κ3) is 2.29. The van der Waals surface area contributed by atoms with Gasteiger partial charge in [-0.3, -0.25) is 10.0 Å². The monoisotopic (exact) mass is 229 g/mol. The van der Waals surface area contributed by atoms with E-state index in [1.54, 1.807) is 5.48 Å². The maximum absolute atomic E-state index is 11.3. The normalized spacial score (nSPS) is 10.5. The van der Waals surface area contributed by atoms with Crippen molar-refractivity contribution in [2.45, 2.75) is 20.3 Å². The fraction of sp³-hybridized carbons (Fsp3) is 0.214. The lowest BCUT2D eigenvalue weighted by atomic mass is 10.0. The molecule has 0 radical (unpaired) electrons. The summed E-state index contributed by atoms with van der Waals surface area (Å²) in [5.74, 6) is -0.393. The first-order chi connectivity index (χ1) is 8.11. The van der Waals surface area contributed by atoms with Gasteiger partial charge < -0.3 is 0 Å². The van der Waals surface area contributed by atoms with Crippen molar-refractivity contribution >= 4 is 5.91 Å². The van der Waals surface area contributed by atoms with E-state index < -0.39 is 5.91 Å². The van der Waals surface area contributed by atoms with E-state index in [-0.39, 0.29) is 6.42 Å². The van der Waals surface area contributed by atoms with Gasteiger partial charge in [0.25, 0.3) is 0 Å². The zero-order valence-corrected chi connectivity index (χ0v) is 9.95. The topological polar surface area (TPSA) is 49.3 Å². The molecule has 0 aromatic carbocycles. The van der Waals surface area contributed by atoms with E-state index in [2.05, 4.69) is 13.0 Å². The van der Waals surface area contributed by atoms with E-state index in [1.165, 1.54) is 5.56 Å². The Morgan fingerprint density at radius 3 is 2.65 bits per heavy atom. The molecule has 0 bridgehead atoms. The van der Waals surface area contributed by atoms with Gasteiger partial charge in [-0.25, -0.2) is 5.48 Å². The number of nitrogens with one attached hydrogen (secondary N) is 1. The Bertz CT molecular complexity index is 534. The summed E-state index contributed by atoms with van der Waals surface area (Å²) in [5.41, 5.74) is 7.13. The number of hydroxylamine groups is 1. The summed E-state index contributed by atoms with van der Waals surface area (Å²) >= 11 is 0. The molecule has 0 aliphatic heterocycles. The van der Waals surface area contributed by atoms with Gasteiger partial charge in [0.15, 0.2) is 0 Å². The van der Waals surface area contributed by atoms with Gasteiger partial charge in [-0.2, -0.15) is 0 Å². The average molecular weight is 229 g/mol. The van der Waals surface area contributed by atoms with Gasteiger partial charge in [-0.1, -0.05) is 35.9 Å². The van der Waals surface area contributed by atoms with Crippen LogP contribution in [-0.2, 0) is 11.2 Å². The van der Waals surface area contributed by atoms with Gasteiger partial charge in [-0.05, 0) is 36.1 Å². The Morgan fingerprint density at radius 2 is 1.94 bits per heavy atom. The Morgan fingerprint density at radius 1 is 1.24 bits per heavy atom. The Hall–Kier alpha value is -1.87.